The van der Waals surface area contributed by atoms with Gasteiger partial charge in [-0.05, 0) is 38.8 Å². The first kappa shape index (κ1) is 14.5. The van der Waals surface area contributed by atoms with Gasteiger partial charge in [0.2, 0.25) is 0 Å². The van der Waals surface area contributed by atoms with Gasteiger partial charge in [-0.15, -0.1) is 11.3 Å². The number of piperidine rings is 1. The molecule has 4 nitrogen and oxygen atoms in total. The van der Waals surface area contributed by atoms with Gasteiger partial charge in [0.1, 0.15) is 0 Å². The maximum absolute atomic E-state index is 11.4. The van der Waals surface area contributed by atoms with Crippen LogP contribution in [0.2, 0.25) is 0 Å². The van der Waals surface area contributed by atoms with Gasteiger partial charge in [0.25, 0.3) is 0 Å². The molecule has 1 fully saturated rings. The quantitative estimate of drug-likeness (QED) is 0.902. The lowest BCUT2D eigenvalue weighted by atomic mass is 9.76. The number of hydrogen-bond acceptors (Lipinski definition) is 4. The van der Waals surface area contributed by atoms with Crippen molar-refractivity contribution in [1.82, 2.24) is 9.88 Å². The third-order valence-electron chi connectivity index (χ3n) is 4.23. The molecule has 106 valence electrons. The lowest BCUT2D eigenvalue weighted by Gasteiger charge is -2.38. The Morgan fingerprint density at radius 3 is 2.63 bits per heavy atom. The molecule has 0 aliphatic carbocycles. The lowest BCUT2D eigenvalue weighted by molar-refractivity contribution is -0.152. The Balaban J connectivity index is 1.91. The van der Waals surface area contributed by atoms with Gasteiger partial charge >= 0.3 is 5.97 Å². The number of rotatable bonds is 5. The number of thiazole rings is 1. The van der Waals surface area contributed by atoms with Crippen molar-refractivity contribution in [1.29, 1.82) is 0 Å². The summed E-state index contributed by atoms with van der Waals surface area (Å²) in [6.45, 7) is 6.68. The van der Waals surface area contributed by atoms with Crippen LogP contribution in [0.25, 0.3) is 0 Å². The fourth-order valence-corrected chi connectivity index (χ4v) is 3.41. The van der Waals surface area contributed by atoms with E-state index in [0.717, 1.165) is 51.0 Å². The van der Waals surface area contributed by atoms with Gasteiger partial charge in [-0.3, -0.25) is 9.69 Å². The molecule has 0 atom stereocenters. The molecule has 1 aliphatic rings. The average molecular weight is 282 g/mol. The number of aromatic nitrogens is 1. The van der Waals surface area contributed by atoms with Crippen LogP contribution in [-0.4, -0.2) is 34.0 Å². The Morgan fingerprint density at radius 1 is 1.47 bits per heavy atom. The Hall–Kier alpha value is -0.940. The van der Waals surface area contributed by atoms with E-state index in [1.807, 2.05) is 6.92 Å². The summed E-state index contributed by atoms with van der Waals surface area (Å²) in [4.78, 5) is 18.3. The number of aliphatic carboxylic acids is 1. The Bertz CT molecular complexity index is 436. The second kappa shape index (κ2) is 6.01. The number of likely N-dealkylation sites (tertiary alicyclic amines) is 1. The van der Waals surface area contributed by atoms with Crippen LogP contribution in [0.15, 0.2) is 5.38 Å². The maximum Gasteiger partial charge on any atom is 0.309 e. The number of carboxylic acids is 1. The summed E-state index contributed by atoms with van der Waals surface area (Å²) in [5.41, 5.74) is 0.633. The summed E-state index contributed by atoms with van der Waals surface area (Å²) in [5.74, 6) is -0.628. The van der Waals surface area contributed by atoms with Crippen LogP contribution in [-0.2, 0) is 17.8 Å². The minimum absolute atomic E-state index is 0.493. The van der Waals surface area contributed by atoms with E-state index in [-0.39, 0.29) is 0 Å². The predicted octanol–water partition coefficient (Wildman–Crippen LogP) is 2.78. The van der Waals surface area contributed by atoms with Crippen molar-refractivity contribution in [2.24, 2.45) is 5.41 Å². The SMILES string of the molecule is CCc1nc(CN2CCC(CC)(C(=O)O)CC2)cs1. The lowest BCUT2D eigenvalue weighted by Crippen LogP contribution is -2.43. The van der Waals surface area contributed by atoms with Crippen LogP contribution in [0.1, 0.15) is 43.8 Å². The van der Waals surface area contributed by atoms with Gasteiger partial charge in [0, 0.05) is 11.9 Å². The van der Waals surface area contributed by atoms with Crippen molar-refractivity contribution in [2.45, 2.75) is 46.1 Å². The van der Waals surface area contributed by atoms with Gasteiger partial charge in [-0.2, -0.15) is 0 Å². The van der Waals surface area contributed by atoms with Gasteiger partial charge in [-0.25, -0.2) is 4.98 Å². The van der Waals surface area contributed by atoms with E-state index >= 15 is 0 Å². The highest BCUT2D eigenvalue weighted by Gasteiger charge is 2.39. The number of aryl methyl sites for hydroxylation is 1. The predicted molar refractivity (Wildman–Crippen MR) is 76.4 cm³/mol. The zero-order valence-electron chi connectivity index (χ0n) is 11.7. The third kappa shape index (κ3) is 3.15. The van der Waals surface area contributed by atoms with Crippen LogP contribution in [0.5, 0.6) is 0 Å². The molecule has 1 aromatic rings. The van der Waals surface area contributed by atoms with Crippen molar-refractivity contribution >= 4 is 17.3 Å². The molecule has 1 aromatic heterocycles. The number of carbonyl (C=O) groups is 1. The first-order chi connectivity index (χ1) is 9.09. The molecule has 2 heterocycles. The molecule has 0 unspecified atom stereocenters. The van der Waals surface area contributed by atoms with E-state index in [1.54, 1.807) is 11.3 Å². The fraction of sp³-hybridized carbons (Fsp3) is 0.714. The molecule has 2 rings (SSSR count). The van der Waals surface area contributed by atoms with E-state index in [4.69, 9.17) is 0 Å². The van der Waals surface area contributed by atoms with Crippen molar-refractivity contribution in [3.05, 3.63) is 16.1 Å². The molecule has 1 saturated heterocycles. The number of hydrogen-bond donors (Lipinski definition) is 1. The minimum atomic E-state index is -0.628. The Kier molecular flexibility index (Phi) is 4.58. The summed E-state index contributed by atoms with van der Waals surface area (Å²) >= 11 is 1.72. The van der Waals surface area contributed by atoms with Crippen molar-refractivity contribution in [3.63, 3.8) is 0 Å². The van der Waals surface area contributed by atoms with Gasteiger partial charge in [0.15, 0.2) is 0 Å². The van der Waals surface area contributed by atoms with Crippen LogP contribution >= 0.6 is 11.3 Å². The topological polar surface area (TPSA) is 53.4 Å². The summed E-state index contributed by atoms with van der Waals surface area (Å²) in [6.07, 6.45) is 3.22. The largest absolute Gasteiger partial charge is 0.481 e. The summed E-state index contributed by atoms with van der Waals surface area (Å²) in [6, 6.07) is 0. The van der Waals surface area contributed by atoms with Crippen molar-refractivity contribution in [2.75, 3.05) is 13.1 Å². The fourth-order valence-electron chi connectivity index (χ4n) is 2.67. The molecule has 0 spiro atoms. The molecule has 1 N–H and O–H groups in total. The van der Waals surface area contributed by atoms with E-state index in [0.29, 0.717) is 0 Å². The summed E-state index contributed by atoms with van der Waals surface area (Å²) in [5, 5.41) is 12.7. The van der Waals surface area contributed by atoms with Crippen LogP contribution < -0.4 is 0 Å². The number of nitrogens with zero attached hydrogens (tertiary/aromatic N) is 2. The minimum Gasteiger partial charge on any atom is -0.481 e. The zero-order chi connectivity index (χ0) is 13.9. The molecule has 5 heteroatoms. The third-order valence-corrected chi connectivity index (χ3v) is 5.27. The first-order valence-electron chi connectivity index (χ1n) is 6.98. The molecule has 1 aliphatic heterocycles. The average Bonchev–Trinajstić information content (AvgIpc) is 2.87. The highest BCUT2D eigenvalue weighted by Crippen LogP contribution is 2.35. The first-order valence-corrected chi connectivity index (χ1v) is 7.86. The van der Waals surface area contributed by atoms with Crippen LogP contribution in [0, 0.1) is 5.41 Å². The van der Waals surface area contributed by atoms with E-state index in [9.17, 15) is 9.90 Å². The molecule has 0 amide bonds. The second-order valence-corrected chi connectivity index (χ2v) is 6.24. The molecule has 19 heavy (non-hydrogen) atoms. The molecular formula is C14H22N2O2S. The molecule has 0 bridgehead atoms. The zero-order valence-corrected chi connectivity index (χ0v) is 12.5. The van der Waals surface area contributed by atoms with E-state index < -0.39 is 11.4 Å². The molecule has 0 radical (unpaired) electrons. The van der Waals surface area contributed by atoms with Crippen LogP contribution in [0.3, 0.4) is 0 Å². The monoisotopic (exact) mass is 282 g/mol. The highest BCUT2D eigenvalue weighted by atomic mass is 32.1. The highest BCUT2D eigenvalue weighted by molar-refractivity contribution is 7.09. The van der Waals surface area contributed by atoms with Crippen molar-refractivity contribution in [3.8, 4) is 0 Å². The molecule has 0 aromatic carbocycles. The molecular weight excluding hydrogens is 260 g/mol. The van der Waals surface area contributed by atoms with Crippen LogP contribution in [0.4, 0.5) is 0 Å². The summed E-state index contributed by atoms with van der Waals surface area (Å²) in [7, 11) is 0. The number of carboxylic acid groups (broad SMARTS) is 1. The standard InChI is InChI=1S/C14H22N2O2S/c1-3-12-15-11(10-19-12)9-16-7-5-14(4-2,6-8-16)13(17)18/h10H,3-9H2,1-2H3,(H,17,18). The van der Waals surface area contributed by atoms with E-state index in [1.165, 1.54) is 5.01 Å². The van der Waals surface area contributed by atoms with Gasteiger partial charge in [0.05, 0.1) is 16.1 Å². The smallest absolute Gasteiger partial charge is 0.309 e. The normalized spacial score (nSPS) is 19.5. The summed E-state index contributed by atoms with van der Waals surface area (Å²) < 4.78 is 0. The van der Waals surface area contributed by atoms with Gasteiger partial charge in [-0.1, -0.05) is 13.8 Å². The van der Waals surface area contributed by atoms with Gasteiger partial charge < -0.3 is 5.11 Å². The van der Waals surface area contributed by atoms with E-state index in [2.05, 4.69) is 22.2 Å². The Morgan fingerprint density at radius 2 is 2.16 bits per heavy atom. The molecule has 0 saturated carbocycles. The second-order valence-electron chi connectivity index (χ2n) is 5.30. The van der Waals surface area contributed by atoms with Crippen molar-refractivity contribution < 1.29 is 9.90 Å². The Labute approximate surface area is 118 Å². The maximum atomic E-state index is 11.4.